The van der Waals surface area contributed by atoms with E-state index in [-0.39, 0.29) is 0 Å². The van der Waals surface area contributed by atoms with E-state index in [1.165, 1.54) is 51.6 Å². The predicted octanol–water partition coefficient (Wildman–Crippen LogP) is 1.13. The van der Waals surface area contributed by atoms with E-state index in [0.29, 0.717) is 12.3 Å². The van der Waals surface area contributed by atoms with Crippen molar-refractivity contribution >= 4 is 0 Å². The van der Waals surface area contributed by atoms with E-state index in [1.54, 1.807) is 0 Å². The minimum atomic E-state index is 0.674. The zero-order chi connectivity index (χ0) is 8.67. The largest absolute Gasteiger partial charge is 0.284 e. The molecule has 0 radical (unpaired) electrons. The molecular weight excluding hydrogens is 162 g/mol. The Labute approximate surface area is 80.0 Å². The molecule has 3 aliphatic rings. The Morgan fingerprint density at radius 3 is 2.31 bits per heavy atom. The Balaban J connectivity index is 1.77. The number of hydrogen-bond donors (Lipinski definition) is 1. The van der Waals surface area contributed by atoms with Crippen molar-refractivity contribution in [2.24, 2.45) is 0 Å². The van der Waals surface area contributed by atoms with Crippen LogP contribution < -0.4 is 5.32 Å². The lowest BCUT2D eigenvalue weighted by Crippen LogP contribution is -2.41. The van der Waals surface area contributed by atoms with Gasteiger partial charge in [0, 0.05) is 13.1 Å². The smallest absolute Gasteiger partial charge is 0.0748 e. The molecule has 0 saturated carbocycles. The summed E-state index contributed by atoms with van der Waals surface area (Å²) in [4.78, 5) is 0. The lowest BCUT2D eigenvalue weighted by atomic mass is 10.2. The molecule has 3 heterocycles. The summed E-state index contributed by atoms with van der Waals surface area (Å²) in [5, 5.41) is 8.93. The fraction of sp³-hybridized carbons (Fsp3) is 1.00. The zero-order valence-corrected chi connectivity index (χ0v) is 8.21. The van der Waals surface area contributed by atoms with Gasteiger partial charge in [0.1, 0.15) is 0 Å². The molecule has 0 bridgehead atoms. The minimum absolute atomic E-state index is 0.674. The average molecular weight is 181 g/mol. The molecule has 3 saturated heterocycles. The standard InChI is InChI=1S/C10H19N3/c1-2-5-9-11-10-6-4-8-13(10)12(9)7-3-1/h9-11H,1-8H2. The minimum Gasteiger partial charge on any atom is -0.284 e. The fourth-order valence-corrected chi connectivity index (χ4v) is 3.02. The van der Waals surface area contributed by atoms with Crippen LogP contribution in [-0.2, 0) is 0 Å². The van der Waals surface area contributed by atoms with Crippen molar-refractivity contribution in [1.82, 2.24) is 15.3 Å². The van der Waals surface area contributed by atoms with E-state index in [9.17, 15) is 0 Å². The quantitative estimate of drug-likeness (QED) is 0.604. The molecule has 0 amide bonds. The van der Waals surface area contributed by atoms with E-state index in [4.69, 9.17) is 0 Å². The lowest BCUT2D eigenvalue weighted by Gasteiger charge is -2.28. The van der Waals surface area contributed by atoms with Gasteiger partial charge in [-0.2, -0.15) is 0 Å². The summed E-state index contributed by atoms with van der Waals surface area (Å²) >= 11 is 0. The molecule has 2 unspecified atom stereocenters. The van der Waals surface area contributed by atoms with Gasteiger partial charge in [0.25, 0.3) is 0 Å². The Kier molecular flexibility index (Phi) is 2.04. The molecule has 3 aliphatic heterocycles. The SMILES string of the molecule is C1CCC2NC3CCCN3N2CC1. The Bertz CT molecular complexity index is 195. The Morgan fingerprint density at radius 2 is 1.46 bits per heavy atom. The molecule has 0 aromatic rings. The van der Waals surface area contributed by atoms with Gasteiger partial charge >= 0.3 is 0 Å². The number of hydrazine groups is 1. The second-order valence-electron chi connectivity index (χ2n) is 4.52. The van der Waals surface area contributed by atoms with Crippen LogP contribution in [0.4, 0.5) is 0 Å². The molecule has 0 aromatic carbocycles. The Morgan fingerprint density at radius 1 is 0.769 bits per heavy atom. The van der Waals surface area contributed by atoms with Crippen LogP contribution in [-0.4, -0.2) is 35.4 Å². The fourth-order valence-electron chi connectivity index (χ4n) is 3.02. The molecular formula is C10H19N3. The molecule has 0 aromatic heterocycles. The normalized spacial score (nSPS) is 41.5. The van der Waals surface area contributed by atoms with Gasteiger partial charge in [0.05, 0.1) is 12.3 Å². The van der Waals surface area contributed by atoms with E-state index in [0.717, 1.165) is 0 Å². The van der Waals surface area contributed by atoms with E-state index in [2.05, 4.69) is 15.3 Å². The van der Waals surface area contributed by atoms with E-state index >= 15 is 0 Å². The van der Waals surface area contributed by atoms with E-state index < -0.39 is 0 Å². The van der Waals surface area contributed by atoms with Crippen molar-refractivity contribution < 1.29 is 0 Å². The summed E-state index contributed by atoms with van der Waals surface area (Å²) in [6, 6.07) is 0. The van der Waals surface area contributed by atoms with Gasteiger partial charge in [-0.25, -0.2) is 10.0 Å². The predicted molar refractivity (Wildman–Crippen MR) is 51.8 cm³/mol. The number of nitrogens with zero attached hydrogens (tertiary/aromatic N) is 2. The maximum atomic E-state index is 3.75. The molecule has 3 rings (SSSR count). The first-order valence-corrected chi connectivity index (χ1v) is 5.74. The summed E-state index contributed by atoms with van der Waals surface area (Å²) in [5.41, 5.74) is 0. The zero-order valence-electron chi connectivity index (χ0n) is 8.21. The highest BCUT2D eigenvalue weighted by atomic mass is 15.7. The maximum Gasteiger partial charge on any atom is 0.0748 e. The van der Waals surface area contributed by atoms with Gasteiger partial charge in [-0.1, -0.05) is 12.8 Å². The molecule has 0 aliphatic carbocycles. The monoisotopic (exact) mass is 181 g/mol. The maximum absolute atomic E-state index is 3.75. The van der Waals surface area contributed by atoms with Crippen molar-refractivity contribution in [1.29, 1.82) is 0 Å². The molecule has 13 heavy (non-hydrogen) atoms. The molecule has 2 atom stereocenters. The van der Waals surface area contributed by atoms with Gasteiger partial charge in [0.2, 0.25) is 0 Å². The molecule has 3 fully saturated rings. The van der Waals surface area contributed by atoms with Crippen molar-refractivity contribution in [3.63, 3.8) is 0 Å². The number of rotatable bonds is 0. The van der Waals surface area contributed by atoms with Crippen molar-refractivity contribution in [3.05, 3.63) is 0 Å². The topological polar surface area (TPSA) is 18.5 Å². The third-order valence-corrected chi connectivity index (χ3v) is 3.66. The van der Waals surface area contributed by atoms with Crippen molar-refractivity contribution in [2.45, 2.75) is 50.9 Å². The number of hydrogen-bond acceptors (Lipinski definition) is 3. The third kappa shape index (κ3) is 1.30. The summed E-state index contributed by atoms with van der Waals surface area (Å²) < 4.78 is 0. The highest BCUT2D eigenvalue weighted by Gasteiger charge is 2.40. The molecule has 0 spiro atoms. The highest BCUT2D eigenvalue weighted by Crippen LogP contribution is 2.29. The second-order valence-corrected chi connectivity index (χ2v) is 4.52. The molecule has 3 nitrogen and oxygen atoms in total. The third-order valence-electron chi connectivity index (χ3n) is 3.66. The van der Waals surface area contributed by atoms with Gasteiger partial charge in [-0.15, -0.1) is 0 Å². The lowest BCUT2D eigenvalue weighted by molar-refractivity contribution is -0.00300. The van der Waals surface area contributed by atoms with Crippen LogP contribution in [0.5, 0.6) is 0 Å². The van der Waals surface area contributed by atoms with E-state index in [1.807, 2.05) is 0 Å². The summed E-state index contributed by atoms with van der Waals surface area (Å²) in [5.74, 6) is 0. The molecule has 74 valence electrons. The summed E-state index contributed by atoms with van der Waals surface area (Å²) in [6.07, 6.45) is 9.67. The molecule has 3 heteroatoms. The first kappa shape index (κ1) is 8.21. The van der Waals surface area contributed by atoms with Gasteiger partial charge in [-0.3, -0.25) is 5.32 Å². The van der Waals surface area contributed by atoms with Crippen LogP contribution in [0.25, 0.3) is 0 Å². The number of fused-ring (bicyclic) bond motifs is 3. The summed E-state index contributed by atoms with van der Waals surface area (Å²) in [7, 11) is 0. The van der Waals surface area contributed by atoms with Crippen LogP contribution in [0.15, 0.2) is 0 Å². The first-order chi connectivity index (χ1) is 6.45. The van der Waals surface area contributed by atoms with Crippen LogP contribution >= 0.6 is 0 Å². The van der Waals surface area contributed by atoms with Crippen molar-refractivity contribution in [3.8, 4) is 0 Å². The summed E-state index contributed by atoms with van der Waals surface area (Å²) in [6.45, 7) is 2.57. The Hall–Kier alpha value is -0.120. The number of nitrogens with one attached hydrogen (secondary N) is 1. The molecule has 1 N–H and O–H groups in total. The average Bonchev–Trinajstić information content (AvgIpc) is 2.61. The van der Waals surface area contributed by atoms with Gasteiger partial charge in [-0.05, 0) is 25.7 Å². The van der Waals surface area contributed by atoms with Crippen LogP contribution in [0.1, 0.15) is 38.5 Å². The van der Waals surface area contributed by atoms with Crippen LogP contribution in [0.2, 0.25) is 0 Å². The van der Waals surface area contributed by atoms with Gasteiger partial charge < -0.3 is 0 Å². The van der Waals surface area contributed by atoms with Crippen LogP contribution in [0.3, 0.4) is 0 Å². The second kappa shape index (κ2) is 3.23. The van der Waals surface area contributed by atoms with Crippen LogP contribution in [0, 0.1) is 0 Å². The van der Waals surface area contributed by atoms with Gasteiger partial charge in [0.15, 0.2) is 0 Å². The highest BCUT2D eigenvalue weighted by molar-refractivity contribution is 4.88. The first-order valence-electron chi connectivity index (χ1n) is 5.74. The van der Waals surface area contributed by atoms with Crippen molar-refractivity contribution in [2.75, 3.05) is 13.1 Å².